The average Bonchev–Trinajstić information content (AvgIpc) is 3.39. The number of aliphatic hydroxyl groups excluding tert-OH is 1. The fraction of sp³-hybridized carbons (Fsp3) is 0.776. The minimum absolute atomic E-state index is 0.00808. The third kappa shape index (κ3) is 19.1. The van der Waals surface area contributed by atoms with Gasteiger partial charge in [0.2, 0.25) is 5.79 Å². The van der Waals surface area contributed by atoms with Gasteiger partial charge >= 0.3 is 5.97 Å². The fourth-order valence-corrected chi connectivity index (χ4v) is 11.0. The summed E-state index contributed by atoms with van der Waals surface area (Å²) in [5.41, 5.74) is 1.23. The van der Waals surface area contributed by atoms with Crippen molar-refractivity contribution in [3.63, 3.8) is 0 Å². The molecule has 0 spiro atoms. The monoisotopic (exact) mass is 1060 g/mol. The number of carbonyl (C=O) groups is 5. The first-order valence-electron chi connectivity index (χ1n) is 27.5. The number of nitrogens with zero attached hydrogens (tertiary/aromatic N) is 1. The van der Waals surface area contributed by atoms with Gasteiger partial charge in [0.05, 0.1) is 64.1 Å². The Hall–Kier alpha value is -3.49. The number of amides is 1. The number of allylic oxidation sites excluding steroid dienone is 6. The molecule has 0 aromatic heterocycles. The summed E-state index contributed by atoms with van der Waals surface area (Å²) in [4.78, 5) is 72.8. The van der Waals surface area contributed by atoms with E-state index in [1.807, 2.05) is 58.1 Å². The van der Waals surface area contributed by atoms with Gasteiger partial charge in [-0.3, -0.25) is 19.2 Å². The first-order chi connectivity index (χ1) is 35.8. The predicted octanol–water partition coefficient (Wildman–Crippen LogP) is 6.88. The zero-order chi connectivity index (χ0) is 55.2. The van der Waals surface area contributed by atoms with Crippen LogP contribution < -0.4 is 0 Å². The first kappa shape index (κ1) is 64.0. The van der Waals surface area contributed by atoms with Gasteiger partial charge in [-0.1, -0.05) is 71.1 Å². The molecular formula is C58H93NO16. The summed E-state index contributed by atoms with van der Waals surface area (Å²) < 4.78 is 52.4. The molecule has 426 valence electrons. The SMILES string of the molecule is COCCOCCOCCO[C@H]1C[C@@H]2CC[C@@H](C)[C@@](O)(O2)C(=O)C(=O)N2CCCC[C@H]2C(=O)O[C@H]([C@H](C)C[C@@H]2CC[C@@H](OC)[C@H](OC)C2)CC(=O)[C@H](C)/C=C(\C)[C@@H](O)[C@@H](OC)C(=O)[C@H](C)C[C@H](C)/C=C/C=C/C=C/1C. The third-order valence-electron chi connectivity index (χ3n) is 15.8. The molecule has 3 aliphatic heterocycles. The van der Waals surface area contributed by atoms with Crippen molar-refractivity contribution in [3.8, 4) is 0 Å². The van der Waals surface area contributed by atoms with Crippen molar-refractivity contribution in [1.29, 1.82) is 0 Å². The molecule has 1 aliphatic carbocycles. The van der Waals surface area contributed by atoms with E-state index in [1.165, 1.54) is 12.0 Å². The van der Waals surface area contributed by atoms with E-state index in [4.69, 9.17) is 42.6 Å². The topological polar surface area (TPSA) is 212 Å². The molecule has 15 atom stereocenters. The quantitative estimate of drug-likeness (QED) is 0.0698. The van der Waals surface area contributed by atoms with Crippen molar-refractivity contribution in [3.05, 3.63) is 47.6 Å². The van der Waals surface area contributed by atoms with Crippen LogP contribution in [0.1, 0.15) is 126 Å². The Labute approximate surface area is 447 Å². The second-order valence-corrected chi connectivity index (χ2v) is 21.7. The normalized spacial score (nSPS) is 36.6. The maximum Gasteiger partial charge on any atom is 0.329 e. The highest BCUT2D eigenvalue weighted by Crippen LogP contribution is 2.38. The van der Waals surface area contributed by atoms with E-state index in [0.29, 0.717) is 70.5 Å². The van der Waals surface area contributed by atoms with Gasteiger partial charge in [-0.2, -0.15) is 0 Å². The number of hydrogen-bond donors (Lipinski definition) is 2. The van der Waals surface area contributed by atoms with E-state index in [0.717, 1.165) is 24.8 Å². The second-order valence-electron chi connectivity index (χ2n) is 21.7. The number of aliphatic hydroxyl groups is 2. The maximum atomic E-state index is 14.6. The van der Waals surface area contributed by atoms with Crippen molar-refractivity contribution in [2.45, 2.75) is 180 Å². The Morgan fingerprint density at radius 2 is 1.47 bits per heavy atom. The van der Waals surface area contributed by atoms with Gasteiger partial charge in [0, 0.05) is 65.6 Å². The number of esters is 1. The Morgan fingerprint density at radius 3 is 2.15 bits per heavy atom. The highest BCUT2D eigenvalue weighted by Gasteiger charge is 2.53. The molecule has 4 rings (SSSR count). The lowest BCUT2D eigenvalue weighted by molar-refractivity contribution is -0.266. The van der Waals surface area contributed by atoms with E-state index in [-0.39, 0.29) is 80.5 Å². The summed E-state index contributed by atoms with van der Waals surface area (Å²) in [6.45, 7) is 15.0. The van der Waals surface area contributed by atoms with Crippen molar-refractivity contribution in [2.24, 2.45) is 35.5 Å². The largest absolute Gasteiger partial charge is 0.460 e. The third-order valence-corrected chi connectivity index (χ3v) is 15.8. The second kappa shape index (κ2) is 32.4. The highest BCUT2D eigenvalue weighted by atomic mass is 16.6. The van der Waals surface area contributed by atoms with Crippen LogP contribution in [0, 0.1) is 35.5 Å². The molecule has 2 N–H and O–H groups in total. The zero-order valence-electron chi connectivity index (χ0n) is 47.0. The number of piperidine rings is 1. The minimum atomic E-state index is -2.48. The van der Waals surface area contributed by atoms with Gasteiger partial charge in [0.15, 0.2) is 5.78 Å². The van der Waals surface area contributed by atoms with E-state index in [1.54, 1.807) is 48.2 Å². The number of ether oxygens (including phenoxy) is 9. The molecular weight excluding hydrogens is 967 g/mol. The van der Waals surface area contributed by atoms with Gasteiger partial charge < -0.3 is 57.7 Å². The molecule has 2 saturated heterocycles. The van der Waals surface area contributed by atoms with Crippen LogP contribution in [0.25, 0.3) is 0 Å². The lowest BCUT2D eigenvalue weighted by atomic mass is 9.78. The standard InChI is InChI=1S/C58H93NO16/c1-37-17-13-12-14-18-38(2)49(73-30-29-72-28-27-71-26-25-67-8)35-45-22-20-43(7)58(66,75-45)55(63)56(64)59-24-16-15-19-46(59)57(65)74-50(40(4)33-44-21-23-48(68-9)51(34-44)69-10)36-47(60)39(3)32-42(6)53(62)54(70-11)52(61)41(5)31-37/h12-14,17-18,32,37,39-41,43-46,48-51,53-54,62,66H,15-16,19-31,33-36H2,1-11H3/b14-12+,17-13+,38-18+,42-32+/t37-,39-,40-,41-,43-,44+,45+,46+,48-,49+,50+,51-,53-,54+,58-/m1/s1. The molecule has 4 aliphatic rings. The highest BCUT2D eigenvalue weighted by molar-refractivity contribution is 6.39. The zero-order valence-corrected chi connectivity index (χ0v) is 47.0. The minimum Gasteiger partial charge on any atom is -0.460 e. The van der Waals surface area contributed by atoms with E-state index in [9.17, 15) is 34.2 Å². The number of fused-ring (bicyclic) bond motifs is 3. The summed E-state index contributed by atoms with van der Waals surface area (Å²) >= 11 is 0. The molecule has 3 heterocycles. The summed E-state index contributed by atoms with van der Waals surface area (Å²) in [5.74, 6) is -8.00. The molecule has 0 aromatic rings. The number of hydrogen-bond acceptors (Lipinski definition) is 16. The lowest BCUT2D eigenvalue weighted by Crippen LogP contribution is -2.61. The van der Waals surface area contributed by atoms with Gasteiger partial charge in [-0.15, -0.1) is 0 Å². The molecule has 1 amide bonds. The summed E-state index contributed by atoms with van der Waals surface area (Å²) in [7, 11) is 6.33. The molecule has 0 aromatic carbocycles. The number of ketones is 3. The van der Waals surface area contributed by atoms with Crippen molar-refractivity contribution >= 4 is 29.2 Å². The summed E-state index contributed by atoms with van der Waals surface area (Å²) in [6, 6.07) is -1.15. The number of cyclic esters (lactones) is 1. The van der Waals surface area contributed by atoms with E-state index < -0.39 is 77.8 Å². The number of carbonyl (C=O) groups excluding carboxylic acids is 5. The van der Waals surface area contributed by atoms with E-state index in [2.05, 4.69) is 0 Å². The molecule has 17 heteroatoms. The average molecular weight is 1060 g/mol. The predicted molar refractivity (Wildman–Crippen MR) is 282 cm³/mol. The first-order valence-corrected chi connectivity index (χ1v) is 27.5. The Bertz CT molecular complexity index is 1930. The van der Waals surface area contributed by atoms with Crippen LogP contribution in [0.5, 0.6) is 0 Å². The summed E-state index contributed by atoms with van der Waals surface area (Å²) in [6.07, 6.45) is 12.2. The van der Waals surface area contributed by atoms with Gasteiger partial charge in [-0.25, -0.2) is 4.79 Å². The molecule has 3 fully saturated rings. The van der Waals surface area contributed by atoms with Crippen molar-refractivity contribution < 1.29 is 76.8 Å². The van der Waals surface area contributed by atoms with Gasteiger partial charge in [0.1, 0.15) is 30.1 Å². The fourth-order valence-electron chi connectivity index (χ4n) is 11.0. The Kier molecular flexibility index (Phi) is 27.7. The van der Waals surface area contributed by atoms with Gasteiger partial charge in [-0.05, 0) is 107 Å². The Balaban J connectivity index is 1.68. The van der Waals surface area contributed by atoms with Crippen LogP contribution in [0.15, 0.2) is 47.6 Å². The van der Waals surface area contributed by atoms with Gasteiger partial charge in [0.25, 0.3) is 11.7 Å². The van der Waals surface area contributed by atoms with Crippen LogP contribution in [0.4, 0.5) is 0 Å². The molecule has 1 saturated carbocycles. The summed E-state index contributed by atoms with van der Waals surface area (Å²) in [5, 5.41) is 23.7. The Morgan fingerprint density at radius 1 is 0.773 bits per heavy atom. The van der Waals surface area contributed by atoms with Crippen LogP contribution >= 0.6 is 0 Å². The number of rotatable bonds is 16. The number of Topliss-reactive ketones (excluding diaryl/α,β-unsaturated/α-hetero) is 3. The van der Waals surface area contributed by atoms with Crippen molar-refractivity contribution in [2.75, 3.05) is 74.6 Å². The smallest absolute Gasteiger partial charge is 0.329 e. The van der Waals surface area contributed by atoms with Crippen LogP contribution in [0.3, 0.4) is 0 Å². The lowest BCUT2D eigenvalue weighted by Gasteiger charge is -2.43. The molecule has 75 heavy (non-hydrogen) atoms. The molecule has 0 unspecified atom stereocenters. The van der Waals surface area contributed by atoms with Crippen molar-refractivity contribution in [1.82, 2.24) is 4.90 Å². The maximum absolute atomic E-state index is 14.6. The van der Waals surface area contributed by atoms with Crippen LogP contribution in [-0.4, -0.2) is 174 Å². The van der Waals surface area contributed by atoms with Crippen LogP contribution in [-0.2, 0) is 66.6 Å². The van der Waals surface area contributed by atoms with Crippen LogP contribution in [0.2, 0.25) is 0 Å². The molecule has 0 radical (unpaired) electrons. The van der Waals surface area contributed by atoms with E-state index >= 15 is 0 Å². The molecule has 2 bridgehead atoms. The number of methoxy groups -OCH3 is 4. The molecule has 17 nitrogen and oxygen atoms in total.